The van der Waals surface area contributed by atoms with E-state index in [-0.39, 0.29) is 11.9 Å². The van der Waals surface area contributed by atoms with Gasteiger partial charge in [-0.05, 0) is 65.7 Å². The number of amides is 1. The maximum absolute atomic E-state index is 13.3. The van der Waals surface area contributed by atoms with Crippen molar-refractivity contribution in [1.82, 2.24) is 4.90 Å². The van der Waals surface area contributed by atoms with E-state index in [9.17, 15) is 4.79 Å². The summed E-state index contributed by atoms with van der Waals surface area (Å²) in [5.41, 5.74) is 2.90. The van der Waals surface area contributed by atoms with Gasteiger partial charge in [-0.15, -0.1) is 0 Å². The second kappa shape index (κ2) is 11.5. The molecular formula is C30H25Cl3N2O2. The second-order valence-corrected chi connectivity index (χ2v) is 10.2. The van der Waals surface area contributed by atoms with Gasteiger partial charge in [-0.2, -0.15) is 0 Å². The fraction of sp³-hybridized carbons (Fsp3) is 0.167. The van der Waals surface area contributed by atoms with Crippen LogP contribution in [-0.4, -0.2) is 30.4 Å². The summed E-state index contributed by atoms with van der Waals surface area (Å²) >= 11 is 18.9. The first kappa shape index (κ1) is 25.5. The van der Waals surface area contributed by atoms with E-state index in [1.165, 1.54) is 0 Å². The van der Waals surface area contributed by atoms with Crippen LogP contribution in [0.15, 0.2) is 97.1 Å². The Hall–Kier alpha value is -3.18. The molecule has 1 atom stereocenters. The van der Waals surface area contributed by atoms with Crippen LogP contribution in [0.1, 0.15) is 17.2 Å². The van der Waals surface area contributed by atoms with Crippen LogP contribution >= 0.6 is 34.8 Å². The minimum Gasteiger partial charge on any atom is -0.457 e. The highest BCUT2D eigenvalue weighted by Gasteiger charge is 2.32. The van der Waals surface area contributed by atoms with E-state index in [2.05, 4.69) is 4.90 Å². The molecule has 1 unspecified atom stereocenters. The smallest absolute Gasteiger partial charge is 0.227 e. The molecule has 0 aliphatic carbocycles. The molecule has 0 saturated carbocycles. The minimum absolute atomic E-state index is 0.0738. The molecule has 1 fully saturated rings. The molecule has 0 bridgehead atoms. The Labute approximate surface area is 231 Å². The Kier molecular flexibility index (Phi) is 7.90. The number of nitrogens with zero attached hydrogens (tertiary/aromatic N) is 2. The van der Waals surface area contributed by atoms with Crippen molar-refractivity contribution >= 4 is 46.4 Å². The molecule has 1 amide bonds. The summed E-state index contributed by atoms with van der Waals surface area (Å²) in [6.07, 6.45) is 0.320. The number of para-hydroxylation sites is 1. The van der Waals surface area contributed by atoms with Crippen molar-refractivity contribution < 1.29 is 9.53 Å². The van der Waals surface area contributed by atoms with Crippen molar-refractivity contribution in [3.8, 4) is 11.5 Å². The largest absolute Gasteiger partial charge is 0.457 e. The zero-order valence-corrected chi connectivity index (χ0v) is 22.3. The third-order valence-corrected chi connectivity index (χ3v) is 7.25. The topological polar surface area (TPSA) is 32.8 Å². The number of piperazine rings is 1. The Balaban J connectivity index is 1.31. The van der Waals surface area contributed by atoms with Gasteiger partial charge in [0, 0.05) is 29.7 Å². The zero-order chi connectivity index (χ0) is 25.8. The van der Waals surface area contributed by atoms with Gasteiger partial charge in [-0.25, -0.2) is 0 Å². The van der Waals surface area contributed by atoms with Crippen molar-refractivity contribution in [3.63, 3.8) is 0 Å². The molecule has 0 spiro atoms. The molecule has 4 nitrogen and oxygen atoms in total. The van der Waals surface area contributed by atoms with Crippen molar-refractivity contribution in [2.24, 2.45) is 0 Å². The number of carbonyl (C=O) groups is 1. The molecular weight excluding hydrogens is 527 g/mol. The van der Waals surface area contributed by atoms with E-state index >= 15 is 0 Å². The standard InChI is InChI=1S/C30H25Cl3N2O2/c31-23-10-8-22(9-11-23)29-20-34(16-17-35(29)28-15-12-24(32)19-27(28)33)30(36)18-21-6-13-26(14-7-21)37-25-4-2-1-3-5-25/h1-15,19,29H,16-18,20H2. The van der Waals surface area contributed by atoms with Crippen molar-refractivity contribution in [2.75, 3.05) is 24.5 Å². The lowest BCUT2D eigenvalue weighted by Crippen LogP contribution is -2.51. The van der Waals surface area contributed by atoms with Gasteiger partial charge >= 0.3 is 0 Å². The fourth-order valence-corrected chi connectivity index (χ4v) is 5.21. The number of benzene rings is 4. The summed E-state index contributed by atoms with van der Waals surface area (Å²) in [5, 5.41) is 1.85. The molecule has 5 rings (SSSR count). The van der Waals surface area contributed by atoms with Crippen molar-refractivity contribution in [1.29, 1.82) is 0 Å². The molecule has 4 aromatic rings. The summed E-state index contributed by atoms with van der Waals surface area (Å²) in [4.78, 5) is 17.5. The van der Waals surface area contributed by atoms with Crippen LogP contribution in [0.3, 0.4) is 0 Å². The van der Waals surface area contributed by atoms with Crippen LogP contribution in [0.25, 0.3) is 0 Å². The van der Waals surface area contributed by atoms with Crippen LogP contribution in [0.2, 0.25) is 15.1 Å². The predicted octanol–water partition coefficient (Wildman–Crippen LogP) is 8.07. The van der Waals surface area contributed by atoms with E-state index in [4.69, 9.17) is 39.5 Å². The van der Waals surface area contributed by atoms with E-state index in [0.717, 1.165) is 28.3 Å². The lowest BCUT2D eigenvalue weighted by atomic mass is 10.0. The van der Waals surface area contributed by atoms with Gasteiger partial charge in [0.05, 0.1) is 23.2 Å². The molecule has 188 valence electrons. The Bertz CT molecular complexity index is 1360. The Morgan fingerprint density at radius 1 is 0.784 bits per heavy atom. The number of carbonyl (C=O) groups excluding carboxylic acids is 1. The summed E-state index contributed by atoms with van der Waals surface area (Å²) in [6.45, 7) is 1.77. The maximum atomic E-state index is 13.3. The summed E-state index contributed by atoms with van der Waals surface area (Å²) in [7, 11) is 0. The fourth-order valence-electron chi connectivity index (χ4n) is 4.57. The van der Waals surface area contributed by atoms with E-state index < -0.39 is 0 Å². The molecule has 1 aliphatic rings. The van der Waals surface area contributed by atoms with Gasteiger partial charge in [0.25, 0.3) is 0 Å². The molecule has 7 heteroatoms. The number of halogens is 3. The highest BCUT2D eigenvalue weighted by Crippen LogP contribution is 2.37. The van der Waals surface area contributed by atoms with E-state index in [1.54, 1.807) is 6.07 Å². The van der Waals surface area contributed by atoms with Crippen LogP contribution in [-0.2, 0) is 11.2 Å². The molecule has 1 saturated heterocycles. The summed E-state index contributed by atoms with van der Waals surface area (Å²) in [6, 6.07) is 30.5. The maximum Gasteiger partial charge on any atom is 0.227 e. The summed E-state index contributed by atoms with van der Waals surface area (Å²) in [5.74, 6) is 1.59. The highest BCUT2D eigenvalue weighted by atomic mass is 35.5. The summed E-state index contributed by atoms with van der Waals surface area (Å²) < 4.78 is 5.87. The van der Waals surface area contributed by atoms with Crippen molar-refractivity contribution in [2.45, 2.75) is 12.5 Å². The lowest BCUT2D eigenvalue weighted by Gasteiger charge is -2.43. The number of rotatable bonds is 6. The molecule has 0 radical (unpaired) electrons. The number of hydrogen-bond donors (Lipinski definition) is 0. The molecule has 1 heterocycles. The van der Waals surface area contributed by atoms with Gasteiger partial charge < -0.3 is 14.5 Å². The molecule has 37 heavy (non-hydrogen) atoms. The number of anilines is 1. The normalized spacial score (nSPS) is 15.5. The molecule has 0 aromatic heterocycles. The monoisotopic (exact) mass is 550 g/mol. The number of hydrogen-bond acceptors (Lipinski definition) is 3. The van der Waals surface area contributed by atoms with Gasteiger partial charge in [-0.1, -0.05) is 77.3 Å². The first-order valence-corrected chi connectivity index (χ1v) is 13.2. The third kappa shape index (κ3) is 6.22. The van der Waals surface area contributed by atoms with Gasteiger partial charge in [0.2, 0.25) is 5.91 Å². The average molecular weight is 552 g/mol. The average Bonchev–Trinajstić information content (AvgIpc) is 2.91. The van der Waals surface area contributed by atoms with Crippen LogP contribution in [0.4, 0.5) is 5.69 Å². The number of ether oxygens (including phenoxy) is 1. The van der Waals surface area contributed by atoms with Crippen LogP contribution < -0.4 is 9.64 Å². The van der Waals surface area contributed by atoms with Crippen LogP contribution in [0, 0.1) is 0 Å². The Morgan fingerprint density at radius 3 is 2.16 bits per heavy atom. The molecule has 1 aliphatic heterocycles. The molecule has 0 N–H and O–H groups in total. The lowest BCUT2D eigenvalue weighted by molar-refractivity contribution is -0.131. The quantitative estimate of drug-likeness (QED) is 0.243. The highest BCUT2D eigenvalue weighted by molar-refractivity contribution is 6.36. The van der Waals surface area contributed by atoms with Gasteiger partial charge in [0.15, 0.2) is 0 Å². The minimum atomic E-state index is -0.0738. The second-order valence-electron chi connectivity index (χ2n) is 8.93. The van der Waals surface area contributed by atoms with Gasteiger partial charge in [-0.3, -0.25) is 4.79 Å². The Morgan fingerprint density at radius 2 is 1.46 bits per heavy atom. The predicted molar refractivity (Wildman–Crippen MR) is 151 cm³/mol. The molecule has 4 aromatic carbocycles. The van der Waals surface area contributed by atoms with Crippen molar-refractivity contribution in [3.05, 3.63) is 123 Å². The first-order valence-electron chi connectivity index (χ1n) is 12.0. The van der Waals surface area contributed by atoms with Gasteiger partial charge in [0.1, 0.15) is 11.5 Å². The van der Waals surface area contributed by atoms with E-state index in [0.29, 0.717) is 41.1 Å². The van der Waals surface area contributed by atoms with Crippen LogP contribution in [0.5, 0.6) is 11.5 Å². The SMILES string of the molecule is O=C(Cc1ccc(Oc2ccccc2)cc1)N1CCN(c2ccc(Cl)cc2Cl)C(c2ccc(Cl)cc2)C1. The first-order chi connectivity index (χ1) is 18.0. The third-order valence-electron chi connectivity index (χ3n) is 6.46. The van der Waals surface area contributed by atoms with E-state index in [1.807, 2.05) is 95.9 Å². The zero-order valence-electron chi connectivity index (χ0n) is 20.0.